The summed E-state index contributed by atoms with van der Waals surface area (Å²) < 4.78 is 13.0. The summed E-state index contributed by atoms with van der Waals surface area (Å²) in [6.07, 6.45) is 4.67. The number of likely N-dealkylation sites (tertiary alicyclic amines) is 1. The Labute approximate surface area is 174 Å². The highest BCUT2D eigenvalue weighted by atomic mass is 35.5. The molecular weight excluding hydrogens is 371 g/mol. The van der Waals surface area contributed by atoms with Crippen molar-refractivity contribution in [3.05, 3.63) is 64.4 Å². The van der Waals surface area contributed by atoms with Gasteiger partial charge in [0.05, 0.1) is 0 Å². The topological polar surface area (TPSA) is 15.3 Å². The predicted molar refractivity (Wildman–Crippen MR) is 118 cm³/mol. The largest absolute Gasteiger partial charge is 0.385 e. The average Bonchev–Trinajstić information content (AvgIpc) is 2.68. The molecule has 1 aliphatic rings. The molecule has 4 heteroatoms. The number of hydrogen-bond donors (Lipinski definition) is 1. The maximum absolute atomic E-state index is 13.0. The van der Waals surface area contributed by atoms with E-state index in [1.165, 1.54) is 37.1 Å². The van der Waals surface area contributed by atoms with Gasteiger partial charge in [-0.05, 0) is 92.5 Å². The summed E-state index contributed by atoms with van der Waals surface area (Å²) in [4.78, 5) is 2.57. The Hall–Kier alpha value is -1.58. The van der Waals surface area contributed by atoms with Gasteiger partial charge < -0.3 is 10.2 Å². The maximum Gasteiger partial charge on any atom is 0.123 e. The number of piperidine rings is 1. The van der Waals surface area contributed by atoms with Gasteiger partial charge in [-0.3, -0.25) is 0 Å². The standard InChI is InChI=1S/C24H32ClFN2/c1-18(2)23-9-8-22(17-24(23)25)27-12-3-13-28-14-10-20(11-15-28)16-19-4-6-21(26)7-5-19/h4-9,17-18,20,27H,3,10-16H2,1-2H3. The molecule has 2 aromatic rings. The van der Waals surface area contributed by atoms with Gasteiger partial charge in [-0.2, -0.15) is 0 Å². The molecule has 1 heterocycles. The minimum Gasteiger partial charge on any atom is -0.385 e. The third kappa shape index (κ3) is 6.22. The van der Waals surface area contributed by atoms with Gasteiger partial charge in [0.2, 0.25) is 0 Å². The van der Waals surface area contributed by atoms with Crippen LogP contribution in [0.4, 0.5) is 10.1 Å². The van der Waals surface area contributed by atoms with E-state index < -0.39 is 0 Å². The van der Waals surface area contributed by atoms with Crippen molar-refractivity contribution in [2.45, 2.75) is 45.4 Å². The molecule has 0 radical (unpaired) electrons. The summed E-state index contributed by atoms with van der Waals surface area (Å²) in [5.41, 5.74) is 3.56. The van der Waals surface area contributed by atoms with Crippen LogP contribution in [0.5, 0.6) is 0 Å². The number of nitrogens with one attached hydrogen (secondary N) is 1. The third-order valence-electron chi connectivity index (χ3n) is 5.75. The number of benzene rings is 2. The first-order chi connectivity index (χ1) is 13.5. The first-order valence-corrected chi connectivity index (χ1v) is 10.9. The average molecular weight is 403 g/mol. The Kier molecular flexibility index (Phi) is 7.75. The number of rotatable bonds is 8. The van der Waals surface area contributed by atoms with Crippen LogP contribution in [0.1, 0.15) is 50.2 Å². The van der Waals surface area contributed by atoms with E-state index in [1.807, 2.05) is 18.2 Å². The van der Waals surface area contributed by atoms with Gasteiger partial charge in [-0.1, -0.05) is 43.6 Å². The van der Waals surface area contributed by atoms with Gasteiger partial charge in [0.25, 0.3) is 0 Å². The van der Waals surface area contributed by atoms with E-state index in [1.54, 1.807) is 12.1 Å². The molecule has 0 amide bonds. The summed E-state index contributed by atoms with van der Waals surface area (Å²) in [5.74, 6) is 1.03. The number of anilines is 1. The highest BCUT2D eigenvalue weighted by molar-refractivity contribution is 6.31. The van der Waals surface area contributed by atoms with Gasteiger partial charge in [0.15, 0.2) is 0 Å². The molecular formula is C24H32ClFN2. The van der Waals surface area contributed by atoms with Crippen LogP contribution in [0.3, 0.4) is 0 Å². The number of nitrogens with zero attached hydrogens (tertiary/aromatic N) is 1. The lowest BCUT2D eigenvalue weighted by molar-refractivity contribution is 0.183. The van der Waals surface area contributed by atoms with Crippen LogP contribution in [-0.2, 0) is 6.42 Å². The Morgan fingerprint density at radius 1 is 1.11 bits per heavy atom. The van der Waals surface area contributed by atoms with Crippen LogP contribution < -0.4 is 5.32 Å². The molecule has 0 atom stereocenters. The molecule has 1 aliphatic heterocycles. The zero-order valence-corrected chi connectivity index (χ0v) is 17.8. The normalized spacial score (nSPS) is 15.9. The highest BCUT2D eigenvalue weighted by Gasteiger charge is 2.19. The van der Waals surface area contributed by atoms with Crippen molar-refractivity contribution in [3.63, 3.8) is 0 Å². The zero-order valence-electron chi connectivity index (χ0n) is 17.1. The molecule has 0 saturated carbocycles. The van der Waals surface area contributed by atoms with E-state index >= 15 is 0 Å². The van der Waals surface area contributed by atoms with Crippen LogP contribution in [0.15, 0.2) is 42.5 Å². The van der Waals surface area contributed by atoms with Crippen LogP contribution in [0.2, 0.25) is 5.02 Å². The molecule has 2 nitrogen and oxygen atoms in total. The van der Waals surface area contributed by atoms with Crippen molar-refractivity contribution in [3.8, 4) is 0 Å². The molecule has 152 valence electrons. The molecule has 3 rings (SSSR count). The van der Waals surface area contributed by atoms with E-state index in [4.69, 9.17) is 11.6 Å². The van der Waals surface area contributed by atoms with Crippen LogP contribution in [-0.4, -0.2) is 31.1 Å². The fraction of sp³-hybridized carbons (Fsp3) is 0.500. The van der Waals surface area contributed by atoms with E-state index in [2.05, 4.69) is 36.2 Å². The Morgan fingerprint density at radius 3 is 2.46 bits per heavy atom. The molecule has 0 bridgehead atoms. The summed E-state index contributed by atoms with van der Waals surface area (Å²) >= 11 is 6.37. The van der Waals surface area contributed by atoms with Crippen molar-refractivity contribution >= 4 is 17.3 Å². The summed E-state index contributed by atoms with van der Waals surface area (Å²) in [7, 11) is 0. The molecule has 1 fully saturated rings. The summed E-state index contributed by atoms with van der Waals surface area (Å²) in [6.45, 7) is 8.76. The molecule has 1 saturated heterocycles. The lowest BCUT2D eigenvalue weighted by Gasteiger charge is -2.32. The molecule has 1 N–H and O–H groups in total. The van der Waals surface area contributed by atoms with Crippen LogP contribution in [0.25, 0.3) is 0 Å². The van der Waals surface area contributed by atoms with E-state index in [0.29, 0.717) is 5.92 Å². The number of halogens is 2. The second-order valence-electron chi connectivity index (χ2n) is 8.29. The van der Waals surface area contributed by atoms with Gasteiger partial charge in [-0.25, -0.2) is 4.39 Å². The second-order valence-corrected chi connectivity index (χ2v) is 8.69. The van der Waals surface area contributed by atoms with E-state index in [0.717, 1.165) is 42.6 Å². The Balaban J connectivity index is 1.33. The smallest absolute Gasteiger partial charge is 0.123 e. The van der Waals surface area contributed by atoms with Crippen molar-refractivity contribution in [2.24, 2.45) is 5.92 Å². The first kappa shape index (κ1) is 21.1. The molecule has 28 heavy (non-hydrogen) atoms. The maximum atomic E-state index is 13.0. The highest BCUT2D eigenvalue weighted by Crippen LogP contribution is 2.27. The minimum atomic E-state index is -0.148. The first-order valence-electron chi connectivity index (χ1n) is 10.5. The van der Waals surface area contributed by atoms with Gasteiger partial charge >= 0.3 is 0 Å². The fourth-order valence-electron chi connectivity index (χ4n) is 4.01. The molecule has 0 aliphatic carbocycles. The monoisotopic (exact) mass is 402 g/mol. The van der Waals surface area contributed by atoms with E-state index in [9.17, 15) is 4.39 Å². The third-order valence-corrected chi connectivity index (χ3v) is 6.07. The van der Waals surface area contributed by atoms with Crippen molar-refractivity contribution in [2.75, 3.05) is 31.5 Å². The predicted octanol–water partition coefficient (Wildman–Crippen LogP) is 6.36. The summed E-state index contributed by atoms with van der Waals surface area (Å²) in [6, 6.07) is 13.3. The van der Waals surface area contributed by atoms with Crippen molar-refractivity contribution in [1.29, 1.82) is 0 Å². The van der Waals surface area contributed by atoms with Crippen LogP contribution in [0, 0.1) is 11.7 Å². The molecule has 0 aromatic heterocycles. The second kappa shape index (κ2) is 10.3. The van der Waals surface area contributed by atoms with Gasteiger partial charge in [-0.15, -0.1) is 0 Å². The lowest BCUT2D eigenvalue weighted by atomic mass is 9.90. The molecule has 0 spiro atoms. The minimum absolute atomic E-state index is 0.148. The Bertz CT molecular complexity index is 737. The fourth-order valence-corrected chi connectivity index (χ4v) is 4.41. The van der Waals surface area contributed by atoms with Crippen molar-refractivity contribution in [1.82, 2.24) is 4.90 Å². The molecule has 0 unspecified atom stereocenters. The van der Waals surface area contributed by atoms with Crippen LogP contribution >= 0.6 is 11.6 Å². The lowest BCUT2D eigenvalue weighted by Crippen LogP contribution is -2.35. The van der Waals surface area contributed by atoms with Crippen molar-refractivity contribution < 1.29 is 4.39 Å². The SMILES string of the molecule is CC(C)c1ccc(NCCCN2CCC(Cc3ccc(F)cc3)CC2)cc1Cl. The molecule has 2 aromatic carbocycles. The van der Waals surface area contributed by atoms with E-state index in [-0.39, 0.29) is 5.82 Å². The van der Waals surface area contributed by atoms with Gasteiger partial charge in [0, 0.05) is 17.3 Å². The zero-order chi connectivity index (χ0) is 19.9. The quantitative estimate of drug-likeness (QED) is 0.517. The Morgan fingerprint density at radius 2 is 1.82 bits per heavy atom. The van der Waals surface area contributed by atoms with Gasteiger partial charge in [0.1, 0.15) is 5.82 Å². The summed E-state index contributed by atoms with van der Waals surface area (Å²) in [5, 5.41) is 4.35. The number of hydrogen-bond acceptors (Lipinski definition) is 2.